The van der Waals surface area contributed by atoms with Crippen LogP contribution in [0.4, 0.5) is 5.00 Å². The Hall–Kier alpha value is -0.920. The first-order valence-corrected chi connectivity index (χ1v) is 10.9. The van der Waals surface area contributed by atoms with Crippen LogP contribution in [0.2, 0.25) is 0 Å². The molecular weight excluding hydrogens is 332 g/mol. The van der Waals surface area contributed by atoms with Gasteiger partial charge in [0.25, 0.3) is 0 Å². The second kappa shape index (κ2) is 5.57. The van der Waals surface area contributed by atoms with Gasteiger partial charge in [-0.25, -0.2) is 8.42 Å². The van der Waals surface area contributed by atoms with E-state index < -0.39 is 9.84 Å². The highest BCUT2D eigenvalue weighted by Crippen LogP contribution is 2.43. The van der Waals surface area contributed by atoms with Crippen molar-refractivity contribution in [1.82, 2.24) is 4.90 Å². The molecule has 7 heteroatoms. The largest absolute Gasteiger partial charge is 0.290 e. The molecule has 0 bridgehead atoms. The van der Waals surface area contributed by atoms with E-state index in [-0.39, 0.29) is 23.5 Å². The Morgan fingerprint density at radius 3 is 2.70 bits per heavy atom. The summed E-state index contributed by atoms with van der Waals surface area (Å²) in [4.78, 5) is 17.6. The summed E-state index contributed by atoms with van der Waals surface area (Å²) in [6.45, 7) is 2.93. The second-order valence-electron chi connectivity index (χ2n) is 6.89. The summed E-state index contributed by atoms with van der Waals surface area (Å²) in [7, 11) is -2.91. The van der Waals surface area contributed by atoms with E-state index in [1.165, 1.54) is 28.8 Å². The van der Waals surface area contributed by atoms with Gasteiger partial charge < -0.3 is 0 Å². The fourth-order valence-corrected chi connectivity index (χ4v) is 7.24. The number of hydrogen-bond acceptors (Lipinski definition) is 5. The maximum Gasteiger partial charge on any atom is 0.225 e. The van der Waals surface area contributed by atoms with Crippen LogP contribution in [0.15, 0.2) is 0 Å². The van der Waals surface area contributed by atoms with Gasteiger partial charge >= 0.3 is 0 Å². The molecule has 1 amide bonds. The second-order valence-corrected chi connectivity index (χ2v) is 10.2. The number of amides is 1. The number of rotatable bonds is 1. The van der Waals surface area contributed by atoms with Crippen LogP contribution in [-0.2, 0) is 34.0 Å². The Bertz CT molecular complexity index is 754. The number of sulfone groups is 1. The van der Waals surface area contributed by atoms with Crippen LogP contribution in [0.3, 0.4) is 0 Å². The lowest BCUT2D eigenvalue weighted by Gasteiger charge is -2.38. The number of carbonyl (C=O) groups is 1. The average molecular weight is 354 g/mol. The first kappa shape index (κ1) is 15.6. The normalized spacial score (nSPS) is 26.8. The summed E-state index contributed by atoms with van der Waals surface area (Å²) in [5.74, 6) is 0.568. The van der Waals surface area contributed by atoms with Crippen LogP contribution in [0.5, 0.6) is 0 Å². The van der Waals surface area contributed by atoms with E-state index in [0.717, 1.165) is 24.4 Å². The number of fused-ring (bicyclic) bond motifs is 3. The zero-order valence-electron chi connectivity index (χ0n) is 13.4. The van der Waals surface area contributed by atoms with Gasteiger partial charge in [-0.3, -0.25) is 14.6 Å². The predicted octanol–water partition coefficient (Wildman–Crippen LogP) is 1.94. The molecule has 4 rings (SSSR count). The molecule has 0 radical (unpaired) electrons. The van der Waals surface area contributed by atoms with Gasteiger partial charge in [-0.1, -0.05) is 0 Å². The minimum Gasteiger partial charge on any atom is -0.290 e. The Morgan fingerprint density at radius 2 is 2.00 bits per heavy atom. The molecule has 5 nitrogen and oxygen atoms in total. The predicted molar refractivity (Wildman–Crippen MR) is 91.6 cm³/mol. The van der Waals surface area contributed by atoms with Crippen molar-refractivity contribution in [1.29, 1.82) is 0 Å². The molecule has 0 spiro atoms. The van der Waals surface area contributed by atoms with Crippen molar-refractivity contribution in [2.75, 3.05) is 23.1 Å². The molecule has 0 aromatic carbocycles. The van der Waals surface area contributed by atoms with E-state index in [2.05, 4.69) is 4.90 Å². The summed E-state index contributed by atoms with van der Waals surface area (Å²) in [6.07, 6.45) is 5.36. The van der Waals surface area contributed by atoms with E-state index in [4.69, 9.17) is 0 Å². The van der Waals surface area contributed by atoms with E-state index >= 15 is 0 Å². The Morgan fingerprint density at radius 1 is 1.22 bits per heavy atom. The molecule has 0 unspecified atom stereocenters. The van der Waals surface area contributed by atoms with Crippen molar-refractivity contribution in [2.45, 2.75) is 51.6 Å². The number of hydrogen-bond donors (Lipinski definition) is 0. The lowest BCUT2D eigenvalue weighted by atomic mass is 9.94. The molecule has 0 saturated carbocycles. The van der Waals surface area contributed by atoms with E-state index in [0.29, 0.717) is 13.1 Å². The summed E-state index contributed by atoms with van der Waals surface area (Å²) in [6, 6.07) is 0.0501. The molecular formula is C16H22N2O3S2. The molecule has 1 aliphatic carbocycles. The summed E-state index contributed by atoms with van der Waals surface area (Å²) >= 11 is 1.78. The maximum absolute atomic E-state index is 12.1. The molecule has 1 saturated heterocycles. The van der Waals surface area contributed by atoms with Gasteiger partial charge in [0.2, 0.25) is 5.91 Å². The zero-order valence-corrected chi connectivity index (χ0v) is 15.0. The molecule has 126 valence electrons. The van der Waals surface area contributed by atoms with Crippen LogP contribution in [-0.4, -0.2) is 43.4 Å². The highest BCUT2D eigenvalue weighted by molar-refractivity contribution is 7.91. The van der Waals surface area contributed by atoms with Crippen LogP contribution < -0.4 is 4.90 Å². The van der Waals surface area contributed by atoms with E-state index in [1.54, 1.807) is 18.3 Å². The number of nitrogens with zero attached hydrogens (tertiary/aromatic N) is 2. The smallest absolute Gasteiger partial charge is 0.225 e. The van der Waals surface area contributed by atoms with Crippen molar-refractivity contribution < 1.29 is 13.2 Å². The lowest BCUT2D eigenvalue weighted by Crippen LogP contribution is -2.49. The van der Waals surface area contributed by atoms with Gasteiger partial charge in [-0.05, 0) is 37.7 Å². The average Bonchev–Trinajstić information content (AvgIpc) is 3.06. The molecule has 2 aliphatic heterocycles. The van der Waals surface area contributed by atoms with Gasteiger partial charge in [0.15, 0.2) is 9.84 Å². The molecule has 1 aromatic heterocycles. The van der Waals surface area contributed by atoms with Gasteiger partial charge in [0.05, 0.1) is 18.2 Å². The SMILES string of the molecule is CC(=O)N1CN([C@H]2CCS(=O)(=O)C2)Cc2c1sc1c2CCCC1. The number of carbonyl (C=O) groups excluding carboxylic acids is 1. The summed E-state index contributed by atoms with van der Waals surface area (Å²) < 4.78 is 23.6. The topological polar surface area (TPSA) is 57.7 Å². The van der Waals surface area contributed by atoms with E-state index in [9.17, 15) is 13.2 Å². The van der Waals surface area contributed by atoms with Crippen LogP contribution >= 0.6 is 11.3 Å². The third-order valence-corrected chi connectivity index (χ3v) is 8.40. The fraction of sp³-hybridized carbons (Fsp3) is 0.688. The monoisotopic (exact) mass is 354 g/mol. The van der Waals surface area contributed by atoms with Crippen molar-refractivity contribution in [3.8, 4) is 0 Å². The van der Waals surface area contributed by atoms with Crippen LogP contribution in [0.1, 0.15) is 42.2 Å². The molecule has 1 aromatic rings. The van der Waals surface area contributed by atoms with Gasteiger partial charge in [-0.15, -0.1) is 11.3 Å². The third-order valence-electron chi connectivity index (χ3n) is 5.29. The van der Waals surface area contributed by atoms with Gasteiger partial charge in [-0.2, -0.15) is 0 Å². The first-order valence-electron chi connectivity index (χ1n) is 8.30. The Balaban J connectivity index is 1.70. The maximum atomic E-state index is 12.1. The van der Waals surface area contributed by atoms with Crippen molar-refractivity contribution in [2.24, 2.45) is 0 Å². The van der Waals surface area contributed by atoms with Crippen molar-refractivity contribution in [3.63, 3.8) is 0 Å². The van der Waals surface area contributed by atoms with Gasteiger partial charge in [0, 0.05) is 30.0 Å². The first-order chi connectivity index (χ1) is 10.9. The molecule has 3 heterocycles. The standard InChI is InChI=1S/C16H22N2O3S2/c1-11(19)18-10-17(12-6-7-23(20,21)9-12)8-14-13-4-2-3-5-15(13)22-16(14)18/h12H,2-10H2,1H3/t12-/m0/s1. The Kier molecular flexibility index (Phi) is 3.77. The third kappa shape index (κ3) is 2.72. The van der Waals surface area contributed by atoms with Crippen LogP contribution in [0, 0.1) is 0 Å². The highest BCUT2D eigenvalue weighted by Gasteiger charge is 2.38. The highest BCUT2D eigenvalue weighted by atomic mass is 32.2. The number of anilines is 1. The molecule has 1 fully saturated rings. The minimum atomic E-state index is -2.91. The van der Waals surface area contributed by atoms with Crippen molar-refractivity contribution in [3.05, 3.63) is 16.0 Å². The molecule has 3 aliphatic rings. The summed E-state index contributed by atoms with van der Waals surface area (Å²) in [5.41, 5.74) is 2.73. The quantitative estimate of drug-likeness (QED) is 0.773. The minimum absolute atomic E-state index is 0.0501. The lowest BCUT2D eigenvalue weighted by molar-refractivity contribution is -0.117. The number of thiophene rings is 1. The molecule has 1 atom stereocenters. The van der Waals surface area contributed by atoms with E-state index in [1.807, 2.05) is 4.90 Å². The molecule has 0 N–H and O–H groups in total. The Labute approximate surface area is 141 Å². The zero-order chi connectivity index (χ0) is 16.2. The summed E-state index contributed by atoms with van der Waals surface area (Å²) in [5, 5.41) is 1.11. The van der Waals surface area contributed by atoms with Crippen molar-refractivity contribution >= 4 is 32.1 Å². The fourth-order valence-electron chi connectivity index (χ4n) is 4.05. The van der Waals surface area contributed by atoms with Crippen LogP contribution in [0.25, 0.3) is 0 Å². The van der Waals surface area contributed by atoms with Gasteiger partial charge in [0.1, 0.15) is 5.00 Å². The number of aryl methyl sites for hydroxylation is 1. The molecule has 23 heavy (non-hydrogen) atoms.